The molecule has 4 rings (SSSR count). The van der Waals surface area contributed by atoms with Crippen molar-refractivity contribution in [3.05, 3.63) is 63.6 Å². The van der Waals surface area contributed by atoms with Crippen LogP contribution in [0.25, 0.3) is 5.69 Å². The Morgan fingerprint density at radius 3 is 3.00 bits per heavy atom. The first-order valence-electron chi connectivity index (χ1n) is 9.05. The molecule has 0 radical (unpaired) electrons. The number of aryl methyl sites for hydroxylation is 3. The number of thiazole rings is 1. The highest BCUT2D eigenvalue weighted by Crippen LogP contribution is 2.26. The van der Waals surface area contributed by atoms with Crippen molar-refractivity contribution >= 4 is 17.2 Å². The van der Waals surface area contributed by atoms with E-state index in [0.717, 1.165) is 35.5 Å². The third-order valence-corrected chi connectivity index (χ3v) is 5.91. The molecule has 0 atom stereocenters. The second-order valence-corrected chi connectivity index (χ2v) is 7.85. The summed E-state index contributed by atoms with van der Waals surface area (Å²) in [4.78, 5) is 23.0. The van der Waals surface area contributed by atoms with Crippen LogP contribution in [-0.4, -0.2) is 27.0 Å². The summed E-state index contributed by atoms with van der Waals surface area (Å²) < 4.78 is 1.86. The summed E-state index contributed by atoms with van der Waals surface area (Å²) in [5, 5.41) is 4.19. The molecule has 6 heteroatoms. The number of nitrogens with one attached hydrogen (secondary N) is 1. The van der Waals surface area contributed by atoms with Gasteiger partial charge >= 0.3 is 0 Å². The number of aromatic nitrogens is 3. The van der Waals surface area contributed by atoms with Crippen LogP contribution in [0, 0.1) is 6.92 Å². The van der Waals surface area contributed by atoms with Gasteiger partial charge in [-0.1, -0.05) is 11.6 Å². The van der Waals surface area contributed by atoms with Crippen molar-refractivity contribution < 1.29 is 4.79 Å². The molecule has 134 valence electrons. The molecule has 1 aliphatic carbocycles. The second kappa shape index (κ2) is 7.41. The number of hydrogen-bond acceptors (Lipinski definition) is 4. The molecule has 2 aromatic heterocycles. The van der Waals surface area contributed by atoms with Gasteiger partial charge in [0.2, 0.25) is 0 Å². The molecule has 0 spiro atoms. The van der Waals surface area contributed by atoms with E-state index in [4.69, 9.17) is 4.98 Å². The maximum absolute atomic E-state index is 12.7. The molecule has 1 aliphatic rings. The van der Waals surface area contributed by atoms with Gasteiger partial charge in [-0.05, 0) is 44.7 Å². The zero-order valence-corrected chi connectivity index (χ0v) is 15.7. The van der Waals surface area contributed by atoms with E-state index in [1.165, 1.54) is 23.4 Å². The highest BCUT2D eigenvalue weighted by Gasteiger charge is 2.16. The van der Waals surface area contributed by atoms with E-state index in [1.54, 1.807) is 12.5 Å². The number of hydrogen-bond donors (Lipinski definition) is 1. The number of imidazole rings is 1. The molecular formula is C20H22N4OS. The molecule has 0 saturated carbocycles. The van der Waals surface area contributed by atoms with Gasteiger partial charge in [0.05, 0.1) is 28.3 Å². The number of carbonyl (C=O) groups excluding carboxylic acids is 1. The lowest BCUT2D eigenvalue weighted by Crippen LogP contribution is -2.27. The van der Waals surface area contributed by atoms with E-state index in [-0.39, 0.29) is 5.91 Å². The topological polar surface area (TPSA) is 59.8 Å². The third kappa shape index (κ3) is 3.55. The average molecular weight is 366 g/mol. The van der Waals surface area contributed by atoms with Gasteiger partial charge in [-0.15, -0.1) is 11.3 Å². The Morgan fingerprint density at radius 2 is 2.19 bits per heavy atom. The number of benzene rings is 1. The molecule has 0 aliphatic heterocycles. The fourth-order valence-corrected chi connectivity index (χ4v) is 4.51. The van der Waals surface area contributed by atoms with Crippen LogP contribution in [0.3, 0.4) is 0 Å². The zero-order valence-electron chi connectivity index (χ0n) is 14.9. The van der Waals surface area contributed by atoms with E-state index in [1.807, 2.05) is 47.2 Å². The van der Waals surface area contributed by atoms with Crippen molar-refractivity contribution in [1.29, 1.82) is 0 Å². The normalized spacial score (nSPS) is 13.4. The molecule has 0 saturated heterocycles. The number of nitrogens with zero attached hydrogens (tertiary/aromatic N) is 3. The summed E-state index contributed by atoms with van der Waals surface area (Å²) in [7, 11) is 0. The van der Waals surface area contributed by atoms with Gasteiger partial charge < -0.3 is 9.88 Å². The van der Waals surface area contributed by atoms with E-state index < -0.39 is 0 Å². The third-order valence-electron chi connectivity index (χ3n) is 4.69. The summed E-state index contributed by atoms with van der Waals surface area (Å²) in [5.41, 5.74) is 3.85. The summed E-state index contributed by atoms with van der Waals surface area (Å²) >= 11 is 1.81. The monoisotopic (exact) mass is 366 g/mol. The standard InChI is InChI=1S/C20H22N4OS/c1-14-6-7-17(24-11-10-21-13-24)15(12-14)20(25)22-9-8-19-23-16-4-2-3-5-18(16)26-19/h6-7,10-13H,2-5,8-9H2,1H3,(H,22,25). The lowest BCUT2D eigenvalue weighted by Gasteiger charge is -2.11. The van der Waals surface area contributed by atoms with Crippen LogP contribution in [0.5, 0.6) is 0 Å². The minimum Gasteiger partial charge on any atom is -0.352 e. The first-order chi connectivity index (χ1) is 12.7. The summed E-state index contributed by atoms with van der Waals surface area (Å²) in [6.07, 6.45) is 10.9. The lowest BCUT2D eigenvalue weighted by molar-refractivity contribution is 0.0954. The Bertz CT molecular complexity index is 891. The van der Waals surface area contributed by atoms with Crippen LogP contribution in [0.15, 0.2) is 36.9 Å². The van der Waals surface area contributed by atoms with Gasteiger partial charge in [0.15, 0.2) is 0 Å². The van der Waals surface area contributed by atoms with Gasteiger partial charge in [-0.2, -0.15) is 0 Å². The van der Waals surface area contributed by atoms with Crippen molar-refractivity contribution in [2.75, 3.05) is 6.54 Å². The highest BCUT2D eigenvalue weighted by atomic mass is 32.1. The predicted molar refractivity (Wildman–Crippen MR) is 103 cm³/mol. The van der Waals surface area contributed by atoms with Crippen LogP contribution < -0.4 is 5.32 Å². The zero-order chi connectivity index (χ0) is 17.9. The van der Waals surface area contributed by atoms with E-state index in [9.17, 15) is 4.79 Å². The summed E-state index contributed by atoms with van der Waals surface area (Å²) in [6.45, 7) is 2.59. The molecule has 5 nitrogen and oxygen atoms in total. The molecule has 0 unspecified atom stereocenters. The highest BCUT2D eigenvalue weighted by molar-refractivity contribution is 7.11. The van der Waals surface area contributed by atoms with Gasteiger partial charge in [-0.25, -0.2) is 9.97 Å². The van der Waals surface area contributed by atoms with Gasteiger partial charge in [-0.3, -0.25) is 4.79 Å². The molecule has 26 heavy (non-hydrogen) atoms. The van der Waals surface area contributed by atoms with Gasteiger partial charge in [0, 0.05) is 30.2 Å². The van der Waals surface area contributed by atoms with Crippen molar-refractivity contribution in [1.82, 2.24) is 19.9 Å². The summed E-state index contributed by atoms with van der Waals surface area (Å²) in [5.74, 6) is -0.0567. The predicted octanol–water partition coefficient (Wildman–Crippen LogP) is 3.49. The smallest absolute Gasteiger partial charge is 0.253 e. The van der Waals surface area contributed by atoms with Crippen molar-refractivity contribution in [3.8, 4) is 5.69 Å². The molecule has 1 aromatic carbocycles. The molecule has 2 heterocycles. The number of rotatable bonds is 5. The molecule has 0 fully saturated rings. The second-order valence-electron chi connectivity index (χ2n) is 6.68. The largest absolute Gasteiger partial charge is 0.352 e. The summed E-state index contributed by atoms with van der Waals surface area (Å²) in [6, 6.07) is 5.89. The van der Waals surface area contributed by atoms with E-state index >= 15 is 0 Å². The van der Waals surface area contributed by atoms with E-state index in [2.05, 4.69) is 10.3 Å². The van der Waals surface area contributed by atoms with Crippen LogP contribution in [0.4, 0.5) is 0 Å². The fraction of sp³-hybridized carbons (Fsp3) is 0.350. The molecule has 0 bridgehead atoms. The fourth-order valence-electron chi connectivity index (χ4n) is 3.35. The average Bonchev–Trinajstić information content (AvgIpc) is 3.30. The minimum atomic E-state index is -0.0567. The molecular weight excluding hydrogens is 344 g/mol. The molecule has 1 amide bonds. The van der Waals surface area contributed by atoms with Crippen molar-refractivity contribution in [2.45, 2.75) is 39.0 Å². The number of amides is 1. The van der Waals surface area contributed by atoms with Crippen molar-refractivity contribution in [2.24, 2.45) is 0 Å². The molecule has 1 N–H and O–H groups in total. The minimum absolute atomic E-state index is 0.0567. The maximum Gasteiger partial charge on any atom is 0.253 e. The van der Waals surface area contributed by atoms with E-state index in [0.29, 0.717) is 12.1 Å². The Labute approximate surface area is 157 Å². The van der Waals surface area contributed by atoms with Crippen LogP contribution in [-0.2, 0) is 19.3 Å². The van der Waals surface area contributed by atoms with Gasteiger partial charge in [0.25, 0.3) is 5.91 Å². The van der Waals surface area contributed by atoms with Crippen LogP contribution in [0.2, 0.25) is 0 Å². The van der Waals surface area contributed by atoms with Crippen molar-refractivity contribution in [3.63, 3.8) is 0 Å². The SMILES string of the molecule is Cc1ccc(-n2ccnc2)c(C(=O)NCCc2nc3c(s2)CCCC3)c1. The molecule has 3 aromatic rings. The first kappa shape index (κ1) is 17.0. The van der Waals surface area contributed by atoms with Crippen LogP contribution >= 0.6 is 11.3 Å². The van der Waals surface area contributed by atoms with Crippen LogP contribution in [0.1, 0.15) is 44.3 Å². The van der Waals surface area contributed by atoms with Gasteiger partial charge in [0.1, 0.15) is 0 Å². The Balaban J connectivity index is 1.44. The maximum atomic E-state index is 12.7. The Kier molecular flexibility index (Phi) is 4.84. The Hall–Kier alpha value is -2.47. The number of fused-ring (bicyclic) bond motifs is 1. The first-order valence-corrected chi connectivity index (χ1v) is 9.87. The Morgan fingerprint density at radius 1 is 1.31 bits per heavy atom. The number of carbonyl (C=O) groups is 1. The lowest BCUT2D eigenvalue weighted by atomic mass is 10.0. The quantitative estimate of drug-likeness (QED) is 0.752.